The molecule has 0 saturated carbocycles. The van der Waals surface area contributed by atoms with Crippen molar-refractivity contribution in [3.63, 3.8) is 0 Å². The number of aryl methyl sites for hydroxylation is 1. The number of hydrogen-bond donors (Lipinski definition) is 0. The molecule has 1 aliphatic heterocycles. The smallest absolute Gasteiger partial charge is 0.399 e. The van der Waals surface area contributed by atoms with E-state index in [0.29, 0.717) is 22.1 Å². The minimum absolute atomic E-state index is 0.196. The van der Waals surface area contributed by atoms with Crippen molar-refractivity contribution in [1.29, 1.82) is 5.26 Å². The summed E-state index contributed by atoms with van der Waals surface area (Å²) in [6.07, 6.45) is 0. The van der Waals surface area contributed by atoms with Gasteiger partial charge < -0.3 is 9.31 Å². The van der Waals surface area contributed by atoms with E-state index < -0.39 is 24.1 Å². The summed E-state index contributed by atoms with van der Waals surface area (Å²) in [7, 11) is -0.674. The van der Waals surface area contributed by atoms with E-state index in [1.807, 2.05) is 27.7 Å². The number of fused-ring (bicyclic) bond motifs is 1. The molecule has 0 bridgehead atoms. The second-order valence-corrected chi connectivity index (χ2v) is 6.91. The third-order valence-corrected chi connectivity index (χ3v) is 4.66. The Bertz CT molecular complexity index is 827. The maximum Gasteiger partial charge on any atom is 0.494 e. The summed E-state index contributed by atoms with van der Waals surface area (Å²) in [4.78, 5) is 4.20. The zero-order chi connectivity index (χ0) is 17.0. The van der Waals surface area contributed by atoms with Gasteiger partial charge in [-0.2, -0.15) is 5.26 Å². The number of pyridine rings is 1. The van der Waals surface area contributed by atoms with Crippen molar-refractivity contribution in [1.82, 2.24) is 4.98 Å². The van der Waals surface area contributed by atoms with E-state index >= 15 is 0 Å². The van der Waals surface area contributed by atoms with Crippen LogP contribution < -0.4 is 5.46 Å². The molecule has 3 rings (SSSR count). The molecule has 6 heteroatoms. The van der Waals surface area contributed by atoms with Gasteiger partial charge in [0.1, 0.15) is 11.3 Å². The molecule has 23 heavy (non-hydrogen) atoms. The minimum atomic E-state index is -0.674. The number of hydrogen-bond acceptors (Lipinski definition) is 4. The Morgan fingerprint density at radius 3 is 2.30 bits per heavy atom. The normalized spacial score (nSPS) is 19.1. The second-order valence-electron chi connectivity index (χ2n) is 6.91. The molecule has 1 saturated heterocycles. The van der Waals surface area contributed by atoms with Crippen LogP contribution in [0.15, 0.2) is 18.2 Å². The first-order valence-electron chi connectivity index (χ1n) is 7.51. The Hall–Kier alpha value is -1.97. The molecule has 1 fully saturated rings. The molecule has 0 amide bonds. The zero-order valence-electron chi connectivity index (χ0n) is 13.9. The van der Waals surface area contributed by atoms with E-state index in [0.717, 1.165) is 0 Å². The number of halogens is 1. The largest absolute Gasteiger partial charge is 0.494 e. The quantitative estimate of drug-likeness (QED) is 0.760. The second kappa shape index (κ2) is 5.02. The lowest BCUT2D eigenvalue weighted by Crippen LogP contribution is -2.41. The fraction of sp³-hybridized carbons (Fsp3) is 0.412. The van der Waals surface area contributed by atoms with Crippen LogP contribution in [0.5, 0.6) is 0 Å². The summed E-state index contributed by atoms with van der Waals surface area (Å²) in [6.45, 7) is 9.50. The molecule has 0 spiro atoms. The van der Waals surface area contributed by atoms with Crippen LogP contribution >= 0.6 is 0 Å². The Morgan fingerprint density at radius 2 is 1.74 bits per heavy atom. The van der Waals surface area contributed by atoms with E-state index in [2.05, 4.69) is 11.1 Å². The van der Waals surface area contributed by atoms with Crippen molar-refractivity contribution in [3.8, 4) is 6.07 Å². The highest BCUT2D eigenvalue weighted by molar-refractivity contribution is 6.62. The first-order chi connectivity index (χ1) is 10.6. The first kappa shape index (κ1) is 15.9. The molecule has 1 aromatic carbocycles. The molecule has 1 aliphatic rings. The van der Waals surface area contributed by atoms with Crippen molar-refractivity contribution in [2.24, 2.45) is 0 Å². The highest BCUT2D eigenvalue weighted by atomic mass is 19.1. The highest BCUT2D eigenvalue weighted by Gasteiger charge is 2.51. The molecule has 0 N–H and O–H groups in total. The van der Waals surface area contributed by atoms with Gasteiger partial charge in [0.15, 0.2) is 0 Å². The molecule has 0 aliphatic carbocycles. The molecule has 0 radical (unpaired) electrons. The van der Waals surface area contributed by atoms with Crippen molar-refractivity contribution >= 4 is 23.5 Å². The van der Waals surface area contributed by atoms with E-state index in [-0.39, 0.29) is 5.52 Å². The molecule has 0 unspecified atom stereocenters. The van der Waals surface area contributed by atoms with Crippen molar-refractivity contribution in [3.05, 3.63) is 35.3 Å². The maximum atomic E-state index is 14.5. The van der Waals surface area contributed by atoms with Crippen LogP contribution in [0.3, 0.4) is 0 Å². The molecule has 2 aromatic rings. The Morgan fingerprint density at radius 1 is 1.13 bits per heavy atom. The van der Waals surface area contributed by atoms with Gasteiger partial charge in [0.2, 0.25) is 0 Å². The van der Waals surface area contributed by atoms with Gasteiger partial charge in [0, 0.05) is 11.1 Å². The lowest BCUT2D eigenvalue weighted by molar-refractivity contribution is 0.00578. The topological polar surface area (TPSA) is 55.1 Å². The molecule has 4 nitrogen and oxygen atoms in total. The first-order valence-corrected chi connectivity index (χ1v) is 7.51. The van der Waals surface area contributed by atoms with Gasteiger partial charge in [0.25, 0.3) is 0 Å². The third kappa shape index (κ3) is 2.50. The van der Waals surface area contributed by atoms with Gasteiger partial charge >= 0.3 is 7.12 Å². The summed E-state index contributed by atoms with van der Waals surface area (Å²) in [5, 5.41) is 9.79. The fourth-order valence-electron chi connectivity index (χ4n) is 2.64. The van der Waals surface area contributed by atoms with Crippen LogP contribution in [0.2, 0.25) is 0 Å². The monoisotopic (exact) mass is 312 g/mol. The summed E-state index contributed by atoms with van der Waals surface area (Å²) < 4.78 is 26.4. The van der Waals surface area contributed by atoms with Gasteiger partial charge in [-0.3, -0.25) is 0 Å². The molecule has 2 heterocycles. The standard InChI is InChI=1S/C17H18BFN2O2/c1-10-6-11(9-20)13-7-12(8-14(19)15(13)21-10)18-22-16(2,3)17(4,5)23-18/h6-8H,1-5H3. The number of nitriles is 1. The summed E-state index contributed by atoms with van der Waals surface area (Å²) in [5.41, 5.74) is 0.734. The molecular formula is C17H18BFN2O2. The number of nitrogens with zero attached hydrogens (tertiary/aromatic N) is 2. The van der Waals surface area contributed by atoms with Crippen LogP contribution in [0.1, 0.15) is 39.0 Å². The van der Waals surface area contributed by atoms with E-state index in [4.69, 9.17) is 9.31 Å². The Labute approximate surface area is 135 Å². The lowest BCUT2D eigenvalue weighted by atomic mass is 9.78. The van der Waals surface area contributed by atoms with Gasteiger partial charge in [-0.1, -0.05) is 6.07 Å². The lowest BCUT2D eigenvalue weighted by Gasteiger charge is -2.32. The maximum absolute atomic E-state index is 14.5. The van der Waals surface area contributed by atoms with E-state index in [1.54, 1.807) is 19.1 Å². The van der Waals surface area contributed by atoms with Gasteiger partial charge in [0.05, 0.1) is 22.8 Å². The Kier molecular flexibility index (Phi) is 3.47. The number of rotatable bonds is 1. The summed E-state index contributed by atoms with van der Waals surface area (Å²) >= 11 is 0. The SMILES string of the molecule is Cc1cc(C#N)c2cc(B3OC(C)(C)C(C)(C)O3)cc(F)c2n1. The average Bonchev–Trinajstić information content (AvgIpc) is 2.67. The molecular weight excluding hydrogens is 294 g/mol. The third-order valence-electron chi connectivity index (χ3n) is 4.66. The number of benzene rings is 1. The van der Waals surface area contributed by atoms with Crippen LogP contribution in [-0.4, -0.2) is 23.3 Å². The predicted molar refractivity (Wildman–Crippen MR) is 86.9 cm³/mol. The molecule has 118 valence electrons. The van der Waals surface area contributed by atoms with Crippen molar-refractivity contribution in [2.75, 3.05) is 0 Å². The van der Waals surface area contributed by atoms with E-state index in [1.165, 1.54) is 6.07 Å². The summed E-state index contributed by atoms with van der Waals surface area (Å²) in [5.74, 6) is -0.479. The summed E-state index contributed by atoms with van der Waals surface area (Å²) in [6, 6.07) is 6.85. The van der Waals surface area contributed by atoms with Crippen LogP contribution in [-0.2, 0) is 9.31 Å². The number of aromatic nitrogens is 1. The van der Waals surface area contributed by atoms with Crippen molar-refractivity contribution in [2.45, 2.75) is 45.8 Å². The van der Waals surface area contributed by atoms with E-state index in [9.17, 15) is 9.65 Å². The molecule has 0 atom stereocenters. The van der Waals surface area contributed by atoms with Gasteiger partial charge in [-0.05, 0) is 52.2 Å². The highest BCUT2D eigenvalue weighted by Crippen LogP contribution is 2.36. The van der Waals surface area contributed by atoms with Gasteiger partial charge in [-0.25, -0.2) is 9.37 Å². The van der Waals surface area contributed by atoms with Crippen LogP contribution in [0.4, 0.5) is 4.39 Å². The van der Waals surface area contributed by atoms with Crippen LogP contribution in [0.25, 0.3) is 10.9 Å². The van der Waals surface area contributed by atoms with Crippen molar-refractivity contribution < 1.29 is 13.7 Å². The van der Waals surface area contributed by atoms with Crippen LogP contribution in [0, 0.1) is 24.1 Å². The predicted octanol–water partition coefficient (Wildman–Crippen LogP) is 2.85. The Balaban J connectivity index is 2.15. The minimum Gasteiger partial charge on any atom is -0.399 e. The van der Waals surface area contributed by atoms with Gasteiger partial charge in [-0.15, -0.1) is 0 Å². The molecule has 1 aromatic heterocycles. The fourth-order valence-corrected chi connectivity index (χ4v) is 2.64. The average molecular weight is 312 g/mol. The zero-order valence-corrected chi connectivity index (χ0v) is 13.9.